The van der Waals surface area contributed by atoms with Gasteiger partial charge in [-0.1, -0.05) is 0 Å². The van der Waals surface area contributed by atoms with Crippen LogP contribution in [0.25, 0.3) is 0 Å². The van der Waals surface area contributed by atoms with Crippen LogP contribution >= 0.6 is 16.1 Å². The molecule has 0 aliphatic heterocycles. The minimum absolute atomic E-state index is 0. The molecule has 0 aliphatic carbocycles. The van der Waals surface area contributed by atoms with E-state index in [1.807, 2.05) is 0 Å². The van der Waals surface area contributed by atoms with Crippen molar-refractivity contribution in [3.63, 3.8) is 0 Å². The second-order valence-corrected chi connectivity index (χ2v) is 3.87. The van der Waals surface area contributed by atoms with Crippen LogP contribution in [0.5, 0.6) is 0 Å². The first-order valence-corrected chi connectivity index (χ1v) is 5.98. The third-order valence-electron chi connectivity index (χ3n) is 0.422. The van der Waals surface area contributed by atoms with Gasteiger partial charge in [-0.2, -0.15) is 0 Å². The van der Waals surface area contributed by atoms with Gasteiger partial charge in [-0.3, -0.25) is 0 Å². The molecule has 0 aromatic rings. The van der Waals surface area contributed by atoms with E-state index < -0.39 is 16.1 Å². The summed E-state index contributed by atoms with van der Waals surface area (Å²) >= 11 is 0. The Hall–Kier alpha value is 0.544. The second-order valence-electron chi connectivity index (χ2n) is 1.43. The third-order valence-corrected chi connectivity index (χ3v) is 2.10. The van der Waals surface area contributed by atoms with E-state index in [1.54, 1.807) is 0 Å². The van der Waals surface area contributed by atoms with Crippen LogP contribution in [0, 0.1) is 0 Å². The molecule has 0 spiro atoms. The smallest absolute Gasteiger partial charge is 0.394 e. The Bertz CT molecular complexity index is 193. The number of hydrogen-bond donors (Lipinski definition) is 4. The maximum absolute atomic E-state index is 10.0. The summed E-state index contributed by atoms with van der Waals surface area (Å²) in [6.45, 7) is 5.75. The van der Waals surface area contributed by atoms with Crippen LogP contribution in [-0.2, 0) is 39.7 Å². The summed E-state index contributed by atoms with van der Waals surface area (Å²) in [7, 11) is -6.32. The van der Waals surface area contributed by atoms with Crippen molar-refractivity contribution in [3.8, 4) is 0 Å². The maximum atomic E-state index is 10.0. The summed E-state index contributed by atoms with van der Waals surface area (Å²) in [6.07, 6.45) is 0. The Morgan fingerprint density at radius 3 is 1.62 bits per heavy atom. The molecule has 0 bridgehead atoms. The van der Waals surface area contributed by atoms with Crippen molar-refractivity contribution in [2.45, 2.75) is 0 Å². The molecule has 4 N–H and O–H groups in total. The molecule has 0 aromatic carbocycles. The van der Waals surface area contributed by atoms with Gasteiger partial charge in [0.1, 0.15) is 0 Å². The number of aliphatic hydroxyl groups is 2. The summed E-state index contributed by atoms with van der Waals surface area (Å²) < 4.78 is 27.3. The molecule has 11 heteroatoms. The molecular formula is C5H15O8P2Ti+. The van der Waals surface area contributed by atoms with Crippen LogP contribution in [-0.4, -0.2) is 40.3 Å². The van der Waals surface area contributed by atoms with Gasteiger partial charge in [-0.15, -0.1) is 17.7 Å². The summed E-state index contributed by atoms with van der Waals surface area (Å²) in [5.74, 6) is 0. The van der Waals surface area contributed by atoms with Gasteiger partial charge in [-0.05, 0) is 4.31 Å². The molecule has 0 aliphatic rings. The monoisotopic (exact) mass is 313 g/mol. The van der Waals surface area contributed by atoms with Gasteiger partial charge in [0, 0.05) is 26.3 Å². The third kappa shape index (κ3) is 36.5. The predicted molar refractivity (Wildman–Crippen MR) is 53.2 cm³/mol. The zero-order chi connectivity index (χ0) is 12.9. The van der Waals surface area contributed by atoms with Crippen molar-refractivity contribution in [2.75, 3.05) is 20.3 Å². The first-order valence-electron chi connectivity index (χ1n) is 3.35. The Balaban J connectivity index is -0.0000000879. The van der Waals surface area contributed by atoms with Crippen molar-refractivity contribution in [1.29, 1.82) is 0 Å². The van der Waals surface area contributed by atoms with E-state index in [1.165, 1.54) is 0 Å². The maximum Gasteiger partial charge on any atom is 0.708 e. The largest absolute Gasteiger partial charge is 0.708 e. The van der Waals surface area contributed by atoms with Crippen LogP contribution in [0.1, 0.15) is 0 Å². The standard InChI is InChI=1S/C2H6O2.C2H4.CH4O6P2.Ti/c3-1-2-4;1-2;1-6-8(2)7-9(3,4)5;/h3-4H,1-2H2;1-2H2;1H3,(H-,3,4,5);/p+1. The van der Waals surface area contributed by atoms with Crippen LogP contribution in [0.3, 0.4) is 0 Å². The van der Waals surface area contributed by atoms with Crippen molar-refractivity contribution >= 4 is 16.1 Å². The van der Waals surface area contributed by atoms with Gasteiger partial charge >= 0.3 is 16.1 Å². The molecule has 0 heterocycles. The molecule has 96 valence electrons. The van der Waals surface area contributed by atoms with E-state index in [2.05, 4.69) is 22.0 Å². The number of phosphoric acid groups is 1. The van der Waals surface area contributed by atoms with Gasteiger partial charge < -0.3 is 20.0 Å². The molecule has 1 atom stereocenters. The topological polar surface area (TPSA) is 134 Å². The summed E-state index contributed by atoms with van der Waals surface area (Å²) in [5, 5.41) is 15.2. The minimum Gasteiger partial charge on any atom is -0.394 e. The molecule has 16 heavy (non-hydrogen) atoms. The van der Waals surface area contributed by atoms with Crippen molar-refractivity contribution in [2.24, 2.45) is 0 Å². The van der Waals surface area contributed by atoms with E-state index >= 15 is 0 Å². The summed E-state index contributed by atoms with van der Waals surface area (Å²) in [5.41, 5.74) is 0. The van der Waals surface area contributed by atoms with Crippen LogP contribution < -0.4 is 0 Å². The normalized spacial score (nSPS) is 9.69. The molecule has 8 nitrogen and oxygen atoms in total. The van der Waals surface area contributed by atoms with E-state index in [4.69, 9.17) is 20.0 Å². The Kier molecular flexibility index (Phi) is 28.5. The van der Waals surface area contributed by atoms with E-state index in [-0.39, 0.29) is 34.9 Å². The predicted octanol–water partition coefficient (Wildman–Crippen LogP) is 0.170. The quantitative estimate of drug-likeness (QED) is 0.328. The van der Waals surface area contributed by atoms with Crippen LogP contribution in [0.4, 0.5) is 0 Å². The van der Waals surface area contributed by atoms with Crippen LogP contribution in [0.2, 0.25) is 0 Å². The number of rotatable bonds is 4. The minimum atomic E-state index is -4.65. The molecule has 1 unspecified atom stereocenters. The Morgan fingerprint density at radius 1 is 1.25 bits per heavy atom. The van der Waals surface area contributed by atoms with Crippen molar-refractivity contribution in [3.05, 3.63) is 13.2 Å². The van der Waals surface area contributed by atoms with Crippen LogP contribution in [0.15, 0.2) is 13.2 Å². The fourth-order valence-electron chi connectivity index (χ4n) is 0.120. The summed E-state index contributed by atoms with van der Waals surface area (Å²) in [4.78, 5) is 15.9. The van der Waals surface area contributed by atoms with Gasteiger partial charge in [0.15, 0.2) is 0 Å². The molecule has 0 aromatic heterocycles. The molecule has 0 saturated heterocycles. The number of hydrogen-bond acceptors (Lipinski definition) is 6. The fourth-order valence-corrected chi connectivity index (χ4v) is 1.08. The van der Waals surface area contributed by atoms with E-state index in [0.717, 1.165) is 7.11 Å². The molecule has 0 amide bonds. The average Bonchev–Trinajstić information content (AvgIpc) is 2.19. The second kappa shape index (κ2) is 17.9. The van der Waals surface area contributed by atoms with Gasteiger partial charge in [0.25, 0.3) is 0 Å². The molecule has 0 fully saturated rings. The van der Waals surface area contributed by atoms with Crippen molar-refractivity contribution in [1.82, 2.24) is 0 Å². The molecule has 0 radical (unpaired) electrons. The number of aliphatic hydroxyl groups excluding tert-OH is 2. The Labute approximate surface area is 109 Å². The first-order chi connectivity index (χ1) is 6.87. The van der Waals surface area contributed by atoms with Crippen molar-refractivity contribution < 1.29 is 59.7 Å². The van der Waals surface area contributed by atoms with Gasteiger partial charge in [-0.25, -0.2) is 4.57 Å². The van der Waals surface area contributed by atoms with E-state index in [0.29, 0.717) is 0 Å². The fraction of sp³-hybridized carbons (Fsp3) is 0.600. The average molecular weight is 313 g/mol. The SMILES string of the molecule is C=C.CO[P+](=O)OP(=O)(O)O.OCCO.[Ti]. The summed E-state index contributed by atoms with van der Waals surface area (Å²) in [6, 6.07) is 0. The van der Waals surface area contributed by atoms with Gasteiger partial charge in [0.05, 0.1) is 20.3 Å². The van der Waals surface area contributed by atoms with E-state index in [9.17, 15) is 9.13 Å². The molecule has 0 rings (SSSR count). The Morgan fingerprint density at radius 2 is 1.56 bits per heavy atom. The van der Waals surface area contributed by atoms with Gasteiger partial charge in [0.2, 0.25) is 0 Å². The zero-order valence-electron chi connectivity index (χ0n) is 8.64. The zero-order valence-corrected chi connectivity index (χ0v) is 12.0. The first kappa shape index (κ1) is 25.4. The molecule has 0 saturated carbocycles. The molecular weight excluding hydrogens is 298 g/mol.